The second-order valence-electron chi connectivity index (χ2n) is 4.61. The molecule has 1 atom stereocenters. The average molecular weight is 224 g/mol. The normalized spacial score (nSPS) is 22.1. The Morgan fingerprint density at radius 3 is 3.00 bits per heavy atom. The zero-order valence-corrected chi connectivity index (χ0v) is 10.9. The first-order chi connectivity index (χ1) is 7.84. The zero-order chi connectivity index (χ0) is 11.6. The third-order valence-corrected chi connectivity index (χ3v) is 3.08. The van der Waals surface area contributed by atoms with Crippen LogP contribution in [0.3, 0.4) is 0 Å². The Kier molecular flexibility index (Phi) is 7.20. The Hall–Kier alpha value is -0.590. The Morgan fingerprint density at radius 1 is 1.31 bits per heavy atom. The summed E-state index contributed by atoms with van der Waals surface area (Å²) < 4.78 is 8.01. The maximum absolute atomic E-state index is 5.90. The molecule has 1 rings (SSSR count). The van der Waals surface area contributed by atoms with Crippen molar-refractivity contribution in [2.45, 2.75) is 64.5 Å². The van der Waals surface area contributed by atoms with E-state index in [-0.39, 0.29) is 6.23 Å². The highest BCUT2D eigenvalue weighted by Crippen LogP contribution is 2.10. The van der Waals surface area contributed by atoms with Gasteiger partial charge >= 0.3 is 0 Å². The van der Waals surface area contributed by atoms with Crippen LogP contribution in [-0.4, -0.2) is 30.3 Å². The van der Waals surface area contributed by atoms with Gasteiger partial charge in [0.2, 0.25) is 0 Å². The molecule has 0 saturated carbocycles. The molecule has 0 N–H and O–H groups in total. The molecule has 2 nitrogen and oxygen atoms in total. The Bertz CT molecular complexity index is 241. The van der Waals surface area contributed by atoms with Crippen LogP contribution < -0.4 is 0 Å². The van der Waals surface area contributed by atoms with E-state index in [0.29, 0.717) is 0 Å². The van der Waals surface area contributed by atoms with Crippen LogP contribution in [0.1, 0.15) is 58.3 Å². The molecule has 0 aromatic heterocycles. The molecule has 1 aliphatic heterocycles. The van der Waals surface area contributed by atoms with Crippen LogP contribution in [0.15, 0.2) is 6.08 Å². The fraction of sp³-hybridized carbons (Fsp3) is 0.857. The van der Waals surface area contributed by atoms with E-state index in [2.05, 4.69) is 30.5 Å². The van der Waals surface area contributed by atoms with E-state index < -0.39 is 0 Å². The first-order valence-corrected chi connectivity index (χ1v) is 6.77. The van der Waals surface area contributed by atoms with Gasteiger partial charge in [0, 0.05) is 12.5 Å². The first kappa shape index (κ1) is 13.5. The third kappa shape index (κ3) is 5.48. The molecule has 0 aliphatic carbocycles. The minimum Gasteiger partial charge on any atom is -0.321 e. The van der Waals surface area contributed by atoms with Gasteiger partial charge in [0.05, 0.1) is 6.61 Å². The highest BCUT2D eigenvalue weighted by molar-refractivity contribution is 5.45. The van der Waals surface area contributed by atoms with E-state index in [9.17, 15) is 0 Å². The Balaban J connectivity index is 2.37. The lowest BCUT2D eigenvalue weighted by atomic mass is 10.1. The fourth-order valence-electron chi connectivity index (χ4n) is 1.99. The lowest BCUT2D eigenvalue weighted by molar-refractivity contribution is -0.585. The van der Waals surface area contributed by atoms with Crippen molar-refractivity contribution < 1.29 is 9.31 Å². The number of rotatable bonds is 5. The van der Waals surface area contributed by atoms with Crippen molar-refractivity contribution >= 4 is 5.87 Å². The summed E-state index contributed by atoms with van der Waals surface area (Å²) in [4.78, 5) is 0. The molecule has 0 spiro atoms. The van der Waals surface area contributed by atoms with Crippen LogP contribution in [0.5, 0.6) is 0 Å². The molecule has 0 aromatic carbocycles. The molecule has 0 fully saturated rings. The van der Waals surface area contributed by atoms with Crippen molar-refractivity contribution in [3.63, 3.8) is 0 Å². The summed E-state index contributed by atoms with van der Waals surface area (Å²) in [6, 6.07) is 0. The number of allylic oxidation sites excluding steroid dienone is 1. The van der Waals surface area contributed by atoms with Gasteiger partial charge in [0.25, 0.3) is 6.23 Å². The molecular weight excluding hydrogens is 198 g/mol. The molecule has 92 valence electrons. The van der Waals surface area contributed by atoms with Crippen LogP contribution in [0.2, 0.25) is 0 Å². The summed E-state index contributed by atoms with van der Waals surface area (Å²) in [5.41, 5.74) is 0. The van der Waals surface area contributed by atoms with Gasteiger partial charge in [-0.15, -0.1) is 0 Å². The number of nitrogens with zero attached hydrogens (tertiary/aromatic N) is 1. The van der Waals surface area contributed by atoms with Crippen LogP contribution in [0.25, 0.3) is 0 Å². The SMILES string of the molecule is CCCCCCC1OCCCCC=C=[N+]1C. The predicted molar refractivity (Wildman–Crippen MR) is 68.1 cm³/mol. The van der Waals surface area contributed by atoms with E-state index in [1.54, 1.807) is 0 Å². The fourth-order valence-corrected chi connectivity index (χ4v) is 1.99. The number of ether oxygens (including phenoxy) is 1. The van der Waals surface area contributed by atoms with Gasteiger partial charge in [-0.1, -0.05) is 26.2 Å². The van der Waals surface area contributed by atoms with Crippen LogP contribution in [0, 0.1) is 0 Å². The van der Waals surface area contributed by atoms with E-state index >= 15 is 0 Å². The van der Waals surface area contributed by atoms with E-state index in [4.69, 9.17) is 4.74 Å². The lowest BCUT2D eigenvalue weighted by Gasteiger charge is -2.11. The van der Waals surface area contributed by atoms with Crippen LogP contribution >= 0.6 is 0 Å². The standard InChI is InChI=1S/C14H26NO/c1-3-4-5-8-11-14-15(2)12-9-6-7-10-13-16-14/h9,14H,3-8,10-11,13H2,1-2H3/q+1. The number of hydrogen-bond donors (Lipinski definition) is 0. The lowest BCUT2D eigenvalue weighted by Crippen LogP contribution is -2.26. The Morgan fingerprint density at radius 2 is 2.19 bits per heavy atom. The van der Waals surface area contributed by atoms with E-state index in [1.807, 2.05) is 0 Å². The van der Waals surface area contributed by atoms with Gasteiger partial charge < -0.3 is 4.74 Å². The molecule has 1 aliphatic rings. The van der Waals surface area contributed by atoms with Gasteiger partial charge in [0.15, 0.2) is 5.87 Å². The minimum atomic E-state index is 0.242. The van der Waals surface area contributed by atoms with Gasteiger partial charge in [-0.3, -0.25) is 0 Å². The van der Waals surface area contributed by atoms with Crippen molar-refractivity contribution in [3.05, 3.63) is 6.08 Å². The second-order valence-corrected chi connectivity index (χ2v) is 4.61. The predicted octanol–water partition coefficient (Wildman–Crippen LogP) is 3.35. The topological polar surface area (TPSA) is 12.2 Å². The molecule has 16 heavy (non-hydrogen) atoms. The van der Waals surface area contributed by atoms with Gasteiger partial charge in [-0.05, 0) is 25.7 Å². The summed E-state index contributed by atoms with van der Waals surface area (Å²) in [6.45, 7) is 3.15. The summed E-state index contributed by atoms with van der Waals surface area (Å²) in [7, 11) is 2.08. The molecule has 0 radical (unpaired) electrons. The molecule has 1 unspecified atom stereocenters. The quantitative estimate of drug-likeness (QED) is 0.515. The molecule has 2 heteroatoms. The van der Waals surface area contributed by atoms with Crippen molar-refractivity contribution in [1.29, 1.82) is 0 Å². The van der Waals surface area contributed by atoms with Gasteiger partial charge in [-0.25, -0.2) is 0 Å². The van der Waals surface area contributed by atoms with Crippen LogP contribution in [-0.2, 0) is 4.74 Å². The average Bonchev–Trinajstić information content (AvgIpc) is 2.38. The highest BCUT2D eigenvalue weighted by atomic mass is 16.5. The molecule has 0 bridgehead atoms. The molecular formula is C14H26NO+. The Labute approximate surface area is 100 Å². The van der Waals surface area contributed by atoms with E-state index in [1.165, 1.54) is 38.5 Å². The monoisotopic (exact) mass is 224 g/mol. The molecule has 0 amide bonds. The van der Waals surface area contributed by atoms with Crippen LogP contribution in [0.4, 0.5) is 0 Å². The minimum absolute atomic E-state index is 0.242. The zero-order valence-electron chi connectivity index (χ0n) is 10.9. The second kappa shape index (κ2) is 8.55. The molecule has 0 aromatic rings. The smallest absolute Gasteiger partial charge is 0.265 e. The van der Waals surface area contributed by atoms with Crippen molar-refractivity contribution in [1.82, 2.24) is 0 Å². The molecule has 0 saturated heterocycles. The summed E-state index contributed by atoms with van der Waals surface area (Å²) in [5, 5.41) is 0. The van der Waals surface area contributed by atoms with Gasteiger partial charge in [-0.2, -0.15) is 4.58 Å². The maximum atomic E-state index is 5.90. The van der Waals surface area contributed by atoms with Crippen molar-refractivity contribution in [2.75, 3.05) is 13.7 Å². The summed E-state index contributed by atoms with van der Waals surface area (Å²) in [6.07, 6.45) is 12.3. The summed E-state index contributed by atoms with van der Waals surface area (Å²) >= 11 is 0. The molecule has 1 heterocycles. The highest BCUT2D eigenvalue weighted by Gasteiger charge is 2.17. The van der Waals surface area contributed by atoms with Crippen molar-refractivity contribution in [3.8, 4) is 0 Å². The maximum Gasteiger partial charge on any atom is 0.265 e. The largest absolute Gasteiger partial charge is 0.321 e. The summed E-state index contributed by atoms with van der Waals surface area (Å²) in [5.74, 6) is 3.30. The van der Waals surface area contributed by atoms with Crippen molar-refractivity contribution in [2.24, 2.45) is 0 Å². The third-order valence-electron chi connectivity index (χ3n) is 3.08. The first-order valence-electron chi connectivity index (χ1n) is 6.77. The van der Waals surface area contributed by atoms with Gasteiger partial charge in [0.1, 0.15) is 7.05 Å². The number of unbranched alkanes of at least 4 members (excludes halogenated alkanes) is 3. The number of hydrogen-bond acceptors (Lipinski definition) is 1. The van der Waals surface area contributed by atoms with E-state index in [0.717, 1.165) is 19.4 Å².